The second-order valence-corrected chi connectivity index (χ2v) is 6.39. The zero-order valence-corrected chi connectivity index (χ0v) is 10.1. The van der Waals surface area contributed by atoms with E-state index in [0.717, 1.165) is 5.56 Å². The first-order valence-corrected chi connectivity index (χ1v) is 6.91. The van der Waals surface area contributed by atoms with Crippen LogP contribution in [0.4, 0.5) is 5.69 Å². The van der Waals surface area contributed by atoms with Gasteiger partial charge in [-0.25, -0.2) is 8.42 Å². The van der Waals surface area contributed by atoms with E-state index in [-0.39, 0.29) is 11.7 Å². The molecule has 0 aliphatic carbocycles. The number of hydrogen-bond acceptors (Lipinski definition) is 3. The van der Waals surface area contributed by atoms with Gasteiger partial charge in [0.2, 0.25) is 10.0 Å². The molecule has 0 saturated carbocycles. The maximum absolute atomic E-state index is 11.8. The predicted molar refractivity (Wildman–Crippen MR) is 64.2 cm³/mol. The molecule has 0 radical (unpaired) electrons. The lowest BCUT2D eigenvalue weighted by molar-refractivity contribution is 0.410. The third-order valence-corrected chi connectivity index (χ3v) is 4.86. The first kappa shape index (κ1) is 11.4. The predicted octanol–water partition coefficient (Wildman–Crippen LogP) is 1.05. The van der Waals surface area contributed by atoms with E-state index in [9.17, 15) is 8.42 Å². The number of anilines is 1. The van der Waals surface area contributed by atoms with Crippen LogP contribution in [0, 0.1) is 5.92 Å². The van der Waals surface area contributed by atoms with Gasteiger partial charge in [0.25, 0.3) is 0 Å². The molecule has 2 rings (SSSR count). The van der Waals surface area contributed by atoms with Crippen LogP contribution >= 0.6 is 0 Å². The summed E-state index contributed by atoms with van der Waals surface area (Å²) in [5, 5.41) is 0. The van der Waals surface area contributed by atoms with Crippen LogP contribution in [-0.2, 0) is 16.6 Å². The van der Waals surface area contributed by atoms with Gasteiger partial charge in [-0.1, -0.05) is 25.1 Å². The molecule has 88 valence electrons. The molecule has 0 spiro atoms. The van der Waals surface area contributed by atoms with Crippen LogP contribution < -0.4 is 5.73 Å². The van der Waals surface area contributed by atoms with E-state index >= 15 is 0 Å². The van der Waals surface area contributed by atoms with Gasteiger partial charge in [0.1, 0.15) is 0 Å². The van der Waals surface area contributed by atoms with Crippen LogP contribution in [0.2, 0.25) is 0 Å². The van der Waals surface area contributed by atoms with Crippen molar-refractivity contribution in [2.75, 3.05) is 18.0 Å². The number of rotatable bonds is 2. The second kappa shape index (κ2) is 4.07. The summed E-state index contributed by atoms with van der Waals surface area (Å²) in [7, 11) is -3.07. The van der Waals surface area contributed by atoms with Gasteiger partial charge in [-0.05, 0) is 17.5 Å². The van der Waals surface area contributed by atoms with Crippen LogP contribution in [0.5, 0.6) is 0 Å². The Hall–Kier alpha value is -1.07. The van der Waals surface area contributed by atoms with E-state index in [1.165, 1.54) is 4.31 Å². The molecule has 2 N–H and O–H groups in total. The molecule has 4 nitrogen and oxygen atoms in total. The third kappa shape index (κ3) is 2.20. The monoisotopic (exact) mass is 240 g/mol. The minimum atomic E-state index is -3.07. The maximum Gasteiger partial charge on any atom is 0.214 e. The van der Waals surface area contributed by atoms with Crippen molar-refractivity contribution < 1.29 is 8.42 Å². The smallest absolute Gasteiger partial charge is 0.214 e. The van der Waals surface area contributed by atoms with E-state index < -0.39 is 10.0 Å². The van der Waals surface area contributed by atoms with Crippen molar-refractivity contribution in [3.05, 3.63) is 29.8 Å². The first-order chi connectivity index (χ1) is 7.49. The molecular weight excluding hydrogens is 224 g/mol. The van der Waals surface area contributed by atoms with Crippen LogP contribution in [0.1, 0.15) is 12.5 Å². The summed E-state index contributed by atoms with van der Waals surface area (Å²) >= 11 is 0. The molecule has 1 heterocycles. The second-order valence-electron chi connectivity index (χ2n) is 4.38. The molecule has 16 heavy (non-hydrogen) atoms. The fraction of sp³-hybridized carbons (Fsp3) is 0.455. The van der Waals surface area contributed by atoms with Crippen molar-refractivity contribution >= 4 is 15.7 Å². The number of nitrogens with zero attached hydrogens (tertiary/aromatic N) is 1. The molecule has 1 fully saturated rings. The van der Waals surface area contributed by atoms with Crippen molar-refractivity contribution in [2.45, 2.75) is 13.5 Å². The number of para-hydroxylation sites is 1. The number of sulfonamides is 1. The number of nitrogen functional groups attached to an aromatic ring is 1. The number of nitrogens with two attached hydrogens (primary N) is 1. The maximum atomic E-state index is 11.8. The Morgan fingerprint density at radius 2 is 2.12 bits per heavy atom. The Kier molecular flexibility index (Phi) is 2.90. The topological polar surface area (TPSA) is 63.4 Å². The molecular formula is C11H16N2O2S. The van der Waals surface area contributed by atoms with Crippen molar-refractivity contribution in [1.82, 2.24) is 4.31 Å². The summed E-state index contributed by atoms with van der Waals surface area (Å²) in [6.45, 7) is 2.93. The highest BCUT2D eigenvalue weighted by atomic mass is 32.2. The lowest BCUT2D eigenvalue weighted by Gasteiger charge is -2.15. The fourth-order valence-electron chi connectivity index (χ4n) is 2.01. The quantitative estimate of drug-likeness (QED) is 0.786. The van der Waals surface area contributed by atoms with Gasteiger partial charge in [-0.15, -0.1) is 0 Å². The standard InChI is InChI=1S/C11H16N2O2S/c1-9-6-13(16(14,15)8-9)7-10-4-2-3-5-11(10)12/h2-5,9H,6-8,12H2,1H3. The molecule has 1 atom stereocenters. The van der Waals surface area contributed by atoms with Crippen molar-refractivity contribution in [2.24, 2.45) is 5.92 Å². The van der Waals surface area contributed by atoms with Crippen LogP contribution in [0.15, 0.2) is 24.3 Å². The summed E-state index contributed by atoms with van der Waals surface area (Å²) in [5.41, 5.74) is 7.33. The zero-order chi connectivity index (χ0) is 11.8. The van der Waals surface area contributed by atoms with Gasteiger partial charge in [-0.2, -0.15) is 4.31 Å². The highest BCUT2D eigenvalue weighted by molar-refractivity contribution is 7.89. The van der Waals surface area contributed by atoms with Gasteiger partial charge in [0, 0.05) is 18.8 Å². The summed E-state index contributed by atoms with van der Waals surface area (Å²) in [6, 6.07) is 7.38. The molecule has 0 amide bonds. The van der Waals surface area contributed by atoms with E-state index in [1.807, 2.05) is 25.1 Å². The Morgan fingerprint density at radius 3 is 2.69 bits per heavy atom. The lowest BCUT2D eigenvalue weighted by Crippen LogP contribution is -2.25. The Bertz CT molecular complexity index is 485. The Balaban J connectivity index is 2.20. The minimum Gasteiger partial charge on any atom is -0.398 e. The molecule has 1 aliphatic rings. The molecule has 1 unspecified atom stereocenters. The zero-order valence-electron chi connectivity index (χ0n) is 9.26. The van der Waals surface area contributed by atoms with Crippen LogP contribution in [0.3, 0.4) is 0 Å². The molecule has 1 aromatic carbocycles. The van der Waals surface area contributed by atoms with E-state index in [0.29, 0.717) is 18.8 Å². The summed E-state index contributed by atoms with van der Waals surface area (Å²) < 4.78 is 25.1. The Morgan fingerprint density at radius 1 is 1.44 bits per heavy atom. The van der Waals surface area contributed by atoms with Gasteiger partial charge in [0.05, 0.1) is 5.75 Å². The van der Waals surface area contributed by atoms with Crippen LogP contribution in [-0.4, -0.2) is 25.0 Å². The third-order valence-electron chi connectivity index (χ3n) is 2.81. The average Bonchev–Trinajstić information content (AvgIpc) is 2.43. The SMILES string of the molecule is CC1CN(Cc2ccccc2N)S(=O)(=O)C1. The van der Waals surface area contributed by atoms with E-state index in [2.05, 4.69) is 0 Å². The van der Waals surface area contributed by atoms with Crippen molar-refractivity contribution in [1.29, 1.82) is 0 Å². The highest BCUT2D eigenvalue weighted by Gasteiger charge is 2.33. The van der Waals surface area contributed by atoms with E-state index in [1.54, 1.807) is 6.07 Å². The molecule has 0 aromatic heterocycles. The largest absolute Gasteiger partial charge is 0.398 e. The summed E-state index contributed by atoms with van der Waals surface area (Å²) in [4.78, 5) is 0. The van der Waals surface area contributed by atoms with E-state index in [4.69, 9.17) is 5.73 Å². The van der Waals surface area contributed by atoms with Crippen molar-refractivity contribution in [3.63, 3.8) is 0 Å². The highest BCUT2D eigenvalue weighted by Crippen LogP contribution is 2.23. The minimum absolute atomic E-state index is 0.204. The fourth-order valence-corrected chi connectivity index (χ4v) is 3.86. The molecule has 5 heteroatoms. The normalized spacial score (nSPS) is 24.7. The molecule has 1 saturated heterocycles. The Labute approximate surface area is 96.1 Å². The van der Waals surface area contributed by atoms with Gasteiger partial charge < -0.3 is 5.73 Å². The van der Waals surface area contributed by atoms with Crippen molar-refractivity contribution in [3.8, 4) is 0 Å². The molecule has 1 aromatic rings. The van der Waals surface area contributed by atoms with Gasteiger partial charge >= 0.3 is 0 Å². The molecule has 0 bridgehead atoms. The summed E-state index contributed by atoms with van der Waals surface area (Å²) in [5.74, 6) is 0.453. The van der Waals surface area contributed by atoms with Crippen LogP contribution in [0.25, 0.3) is 0 Å². The molecule has 1 aliphatic heterocycles. The number of hydrogen-bond donors (Lipinski definition) is 1. The van der Waals surface area contributed by atoms with Gasteiger partial charge in [0.15, 0.2) is 0 Å². The lowest BCUT2D eigenvalue weighted by atomic mass is 10.1. The summed E-state index contributed by atoms with van der Waals surface area (Å²) in [6.07, 6.45) is 0. The first-order valence-electron chi connectivity index (χ1n) is 5.30. The van der Waals surface area contributed by atoms with Gasteiger partial charge in [-0.3, -0.25) is 0 Å². The average molecular weight is 240 g/mol. The number of benzene rings is 1.